The molecule has 114 valence electrons. The van der Waals surface area contributed by atoms with E-state index in [2.05, 4.69) is 60.4 Å². The van der Waals surface area contributed by atoms with Crippen molar-refractivity contribution in [2.75, 3.05) is 11.4 Å². The minimum atomic E-state index is 0.173. The fraction of sp³-hybridized carbons (Fsp3) is 0.350. The Bertz CT molecular complexity index is 635. The summed E-state index contributed by atoms with van der Waals surface area (Å²) in [6.07, 6.45) is 3.27. The van der Waals surface area contributed by atoms with Crippen molar-refractivity contribution in [1.29, 1.82) is 0 Å². The van der Waals surface area contributed by atoms with Gasteiger partial charge >= 0.3 is 0 Å². The highest BCUT2D eigenvalue weighted by Crippen LogP contribution is 2.36. The average Bonchev–Trinajstić information content (AvgIpc) is 2.56. The first-order chi connectivity index (χ1) is 10.8. The lowest BCUT2D eigenvalue weighted by Crippen LogP contribution is -2.36. The maximum absolute atomic E-state index is 12.3. The van der Waals surface area contributed by atoms with E-state index in [1.807, 2.05) is 6.07 Å². The number of para-hydroxylation sites is 1. The van der Waals surface area contributed by atoms with E-state index in [1.54, 1.807) is 0 Å². The number of rotatable bonds is 5. The van der Waals surface area contributed by atoms with E-state index < -0.39 is 0 Å². The molecule has 0 aliphatic carbocycles. The fourth-order valence-electron chi connectivity index (χ4n) is 3.40. The zero-order valence-electron chi connectivity index (χ0n) is 13.2. The molecule has 0 spiro atoms. The second-order valence-corrected chi connectivity index (χ2v) is 5.99. The van der Waals surface area contributed by atoms with E-state index in [0.29, 0.717) is 18.6 Å². The van der Waals surface area contributed by atoms with Crippen molar-refractivity contribution in [3.63, 3.8) is 0 Å². The summed E-state index contributed by atoms with van der Waals surface area (Å²) in [5.74, 6) is 0.366. The van der Waals surface area contributed by atoms with Crippen LogP contribution in [0.2, 0.25) is 0 Å². The molecule has 0 fully saturated rings. The van der Waals surface area contributed by atoms with Gasteiger partial charge in [0.25, 0.3) is 0 Å². The Labute approximate surface area is 132 Å². The number of fused-ring (bicyclic) bond motifs is 1. The maximum Gasteiger partial charge on any atom is 0.135 e. The van der Waals surface area contributed by atoms with Crippen LogP contribution in [0, 0.1) is 0 Å². The predicted molar refractivity (Wildman–Crippen MR) is 91.2 cm³/mol. The van der Waals surface area contributed by atoms with E-state index in [0.717, 1.165) is 19.4 Å². The SMILES string of the molecule is CCCC(=O)CC1c2ccccc2CCN1c1ccccc1. The number of hydrogen-bond acceptors (Lipinski definition) is 2. The van der Waals surface area contributed by atoms with Crippen molar-refractivity contribution in [2.24, 2.45) is 0 Å². The minimum absolute atomic E-state index is 0.173. The molecule has 2 nitrogen and oxygen atoms in total. The standard InChI is InChI=1S/C20H23NO/c1-2-8-18(22)15-20-19-12-7-6-9-16(19)13-14-21(20)17-10-4-3-5-11-17/h3-7,9-12,20H,2,8,13-15H2,1H3. The van der Waals surface area contributed by atoms with Crippen LogP contribution in [0.15, 0.2) is 54.6 Å². The van der Waals surface area contributed by atoms with Gasteiger partial charge in [0.2, 0.25) is 0 Å². The Kier molecular flexibility index (Phi) is 4.57. The van der Waals surface area contributed by atoms with Gasteiger partial charge in [0.1, 0.15) is 5.78 Å². The second-order valence-electron chi connectivity index (χ2n) is 5.99. The molecule has 0 bridgehead atoms. The number of benzene rings is 2. The first-order valence-electron chi connectivity index (χ1n) is 8.20. The molecule has 1 aliphatic heterocycles. The Morgan fingerprint density at radius 3 is 2.59 bits per heavy atom. The van der Waals surface area contributed by atoms with Crippen molar-refractivity contribution in [3.8, 4) is 0 Å². The van der Waals surface area contributed by atoms with Crippen LogP contribution in [0.5, 0.6) is 0 Å². The Morgan fingerprint density at radius 2 is 1.82 bits per heavy atom. The van der Waals surface area contributed by atoms with Crippen LogP contribution < -0.4 is 4.90 Å². The molecule has 2 aromatic rings. The van der Waals surface area contributed by atoms with Crippen LogP contribution in [-0.4, -0.2) is 12.3 Å². The van der Waals surface area contributed by atoms with Crippen molar-refractivity contribution in [3.05, 3.63) is 65.7 Å². The number of Topliss-reactive ketones (excluding diaryl/α,β-unsaturated/α-hetero) is 1. The third kappa shape index (κ3) is 3.06. The molecular weight excluding hydrogens is 270 g/mol. The molecular formula is C20H23NO. The van der Waals surface area contributed by atoms with E-state index >= 15 is 0 Å². The lowest BCUT2D eigenvalue weighted by molar-refractivity contribution is -0.119. The van der Waals surface area contributed by atoms with E-state index in [4.69, 9.17) is 0 Å². The number of hydrogen-bond donors (Lipinski definition) is 0. The number of carbonyl (C=O) groups is 1. The van der Waals surface area contributed by atoms with Crippen LogP contribution >= 0.6 is 0 Å². The number of ketones is 1. The lowest BCUT2D eigenvalue weighted by Gasteiger charge is -2.39. The van der Waals surface area contributed by atoms with Gasteiger partial charge in [-0.05, 0) is 36.1 Å². The van der Waals surface area contributed by atoms with Crippen molar-refractivity contribution in [1.82, 2.24) is 0 Å². The normalized spacial score (nSPS) is 17.1. The molecule has 22 heavy (non-hydrogen) atoms. The Hall–Kier alpha value is -2.09. The summed E-state index contributed by atoms with van der Waals surface area (Å²) < 4.78 is 0. The third-order valence-electron chi connectivity index (χ3n) is 4.45. The maximum atomic E-state index is 12.3. The van der Waals surface area contributed by atoms with Crippen LogP contribution in [0.3, 0.4) is 0 Å². The highest BCUT2D eigenvalue weighted by atomic mass is 16.1. The monoisotopic (exact) mass is 293 g/mol. The quantitative estimate of drug-likeness (QED) is 0.806. The molecule has 1 atom stereocenters. The molecule has 0 N–H and O–H groups in total. The molecule has 0 amide bonds. The van der Waals surface area contributed by atoms with Crippen LogP contribution in [0.25, 0.3) is 0 Å². The summed E-state index contributed by atoms with van der Waals surface area (Å²) in [6.45, 7) is 3.05. The highest BCUT2D eigenvalue weighted by molar-refractivity contribution is 5.80. The molecule has 0 radical (unpaired) electrons. The molecule has 0 aromatic heterocycles. The molecule has 1 unspecified atom stereocenters. The van der Waals surface area contributed by atoms with Gasteiger partial charge in [-0.3, -0.25) is 4.79 Å². The topological polar surface area (TPSA) is 20.3 Å². The summed E-state index contributed by atoms with van der Waals surface area (Å²) in [6, 6.07) is 19.2. The first-order valence-corrected chi connectivity index (χ1v) is 8.20. The molecule has 0 saturated carbocycles. The summed E-state index contributed by atoms with van der Waals surface area (Å²) in [5.41, 5.74) is 3.93. The molecule has 2 heteroatoms. The number of anilines is 1. The van der Waals surface area contributed by atoms with Crippen LogP contribution in [0.4, 0.5) is 5.69 Å². The van der Waals surface area contributed by atoms with Crippen molar-refractivity contribution in [2.45, 2.75) is 38.6 Å². The number of nitrogens with zero attached hydrogens (tertiary/aromatic N) is 1. The smallest absolute Gasteiger partial charge is 0.135 e. The molecule has 0 saturated heterocycles. The summed E-state index contributed by atoms with van der Waals surface area (Å²) in [4.78, 5) is 14.7. The predicted octanol–water partition coefficient (Wildman–Crippen LogP) is 4.55. The molecule has 1 heterocycles. The van der Waals surface area contributed by atoms with Gasteiger partial charge in [-0.2, -0.15) is 0 Å². The average molecular weight is 293 g/mol. The van der Waals surface area contributed by atoms with Gasteiger partial charge in [-0.15, -0.1) is 0 Å². The first kappa shape index (κ1) is 14.8. The molecule has 1 aliphatic rings. The van der Waals surface area contributed by atoms with Gasteiger partial charge in [-0.1, -0.05) is 49.4 Å². The second kappa shape index (κ2) is 6.78. The summed E-state index contributed by atoms with van der Waals surface area (Å²) >= 11 is 0. The number of carbonyl (C=O) groups excluding carboxylic acids is 1. The van der Waals surface area contributed by atoms with Gasteiger partial charge in [-0.25, -0.2) is 0 Å². The largest absolute Gasteiger partial charge is 0.364 e. The van der Waals surface area contributed by atoms with E-state index in [1.165, 1.54) is 16.8 Å². The van der Waals surface area contributed by atoms with E-state index in [-0.39, 0.29) is 6.04 Å². The minimum Gasteiger partial charge on any atom is -0.364 e. The fourth-order valence-corrected chi connectivity index (χ4v) is 3.40. The van der Waals surface area contributed by atoms with Gasteiger partial charge in [0.15, 0.2) is 0 Å². The van der Waals surface area contributed by atoms with Gasteiger partial charge < -0.3 is 4.90 Å². The zero-order valence-corrected chi connectivity index (χ0v) is 13.2. The van der Waals surface area contributed by atoms with E-state index in [9.17, 15) is 4.79 Å². The Balaban J connectivity index is 1.94. The lowest BCUT2D eigenvalue weighted by atomic mass is 9.88. The van der Waals surface area contributed by atoms with Gasteiger partial charge in [0.05, 0.1) is 6.04 Å². The summed E-state index contributed by atoms with van der Waals surface area (Å²) in [7, 11) is 0. The Morgan fingerprint density at radius 1 is 1.09 bits per heavy atom. The van der Waals surface area contributed by atoms with Crippen LogP contribution in [-0.2, 0) is 11.2 Å². The zero-order chi connectivity index (χ0) is 15.4. The molecule has 2 aromatic carbocycles. The van der Waals surface area contributed by atoms with Crippen molar-refractivity contribution >= 4 is 11.5 Å². The highest BCUT2D eigenvalue weighted by Gasteiger charge is 2.28. The van der Waals surface area contributed by atoms with Crippen LogP contribution in [0.1, 0.15) is 43.4 Å². The molecule has 3 rings (SSSR count). The van der Waals surface area contributed by atoms with Crippen molar-refractivity contribution < 1.29 is 4.79 Å². The third-order valence-corrected chi connectivity index (χ3v) is 4.45. The van der Waals surface area contributed by atoms with Gasteiger partial charge in [0, 0.05) is 25.1 Å². The summed E-state index contributed by atoms with van der Waals surface area (Å²) in [5, 5.41) is 0.